The highest BCUT2D eigenvalue weighted by molar-refractivity contribution is 6.30. The average Bonchev–Trinajstić information content (AvgIpc) is 2.91. The van der Waals surface area contributed by atoms with Gasteiger partial charge in [0.25, 0.3) is 5.91 Å². The topological polar surface area (TPSA) is 78.5 Å². The zero-order chi connectivity index (χ0) is 19.4. The third-order valence-corrected chi connectivity index (χ3v) is 4.37. The Labute approximate surface area is 161 Å². The first kappa shape index (κ1) is 18.7. The summed E-state index contributed by atoms with van der Waals surface area (Å²) in [6, 6.07) is 13.6. The number of carbonyl (C=O) groups excluding carboxylic acids is 3. The fourth-order valence-electron chi connectivity index (χ4n) is 2.72. The van der Waals surface area contributed by atoms with E-state index in [1.165, 1.54) is 0 Å². The van der Waals surface area contributed by atoms with Crippen molar-refractivity contribution in [3.8, 4) is 0 Å². The molecule has 1 aliphatic rings. The number of imide groups is 1. The molecule has 0 unspecified atom stereocenters. The summed E-state index contributed by atoms with van der Waals surface area (Å²) >= 11 is 5.84. The van der Waals surface area contributed by atoms with E-state index >= 15 is 0 Å². The van der Waals surface area contributed by atoms with Gasteiger partial charge in [-0.3, -0.25) is 9.59 Å². The van der Waals surface area contributed by atoms with Gasteiger partial charge >= 0.3 is 6.03 Å². The van der Waals surface area contributed by atoms with E-state index in [4.69, 9.17) is 11.6 Å². The number of hydrogen-bond acceptors (Lipinski definition) is 3. The molecule has 0 spiro atoms. The molecule has 0 radical (unpaired) electrons. The van der Waals surface area contributed by atoms with E-state index in [0.29, 0.717) is 16.3 Å². The minimum absolute atomic E-state index is 0.115. The number of amides is 4. The van der Waals surface area contributed by atoms with Crippen molar-refractivity contribution < 1.29 is 14.4 Å². The van der Waals surface area contributed by atoms with Crippen molar-refractivity contribution in [1.82, 2.24) is 10.2 Å². The number of nitrogens with one attached hydrogen (secondary N) is 2. The van der Waals surface area contributed by atoms with Crippen LogP contribution in [-0.2, 0) is 16.0 Å². The van der Waals surface area contributed by atoms with Crippen molar-refractivity contribution in [2.24, 2.45) is 0 Å². The van der Waals surface area contributed by atoms with E-state index in [0.717, 1.165) is 16.9 Å². The summed E-state index contributed by atoms with van der Waals surface area (Å²) in [6.07, 6.45) is 2.30. The highest BCUT2D eigenvalue weighted by Gasteiger charge is 2.34. The molecule has 138 valence electrons. The van der Waals surface area contributed by atoms with Crippen LogP contribution in [0.25, 0.3) is 6.08 Å². The molecule has 6 nitrogen and oxygen atoms in total. The van der Waals surface area contributed by atoms with Crippen LogP contribution >= 0.6 is 11.6 Å². The monoisotopic (exact) mass is 383 g/mol. The molecular formula is C20H18ClN3O3. The lowest BCUT2D eigenvalue weighted by molar-refractivity contribution is -0.127. The van der Waals surface area contributed by atoms with Crippen molar-refractivity contribution in [2.45, 2.75) is 13.3 Å². The van der Waals surface area contributed by atoms with Crippen LogP contribution in [0.15, 0.2) is 54.2 Å². The van der Waals surface area contributed by atoms with Gasteiger partial charge in [-0.05, 0) is 41.8 Å². The molecule has 0 bridgehead atoms. The van der Waals surface area contributed by atoms with Gasteiger partial charge in [0.05, 0.1) is 0 Å². The Morgan fingerprint density at radius 3 is 2.56 bits per heavy atom. The quantitative estimate of drug-likeness (QED) is 0.613. The second kappa shape index (κ2) is 8.05. The molecule has 27 heavy (non-hydrogen) atoms. The van der Waals surface area contributed by atoms with Crippen LogP contribution in [-0.4, -0.2) is 29.3 Å². The Kier molecular flexibility index (Phi) is 5.57. The highest BCUT2D eigenvalue weighted by Crippen LogP contribution is 2.18. The smallest absolute Gasteiger partial charge is 0.324 e. The van der Waals surface area contributed by atoms with Gasteiger partial charge in [-0.15, -0.1) is 0 Å². The summed E-state index contributed by atoms with van der Waals surface area (Å²) in [5.41, 5.74) is 2.48. The lowest BCUT2D eigenvalue weighted by Crippen LogP contribution is -2.38. The minimum Gasteiger partial charge on any atom is -0.324 e. The first-order valence-electron chi connectivity index (χ1n) is 8.46. The van der Waals surface area contributed by atoms with Crippen molar-refractivity contribution in [2.75, 3.05) is 11.9 Å². The average molecular weight is 384 g/mol. The molecule has 3 rings (SSSR count). The second-order valence-electron chi connectivity index (χ2n) is 5.99. The second-order valence-corrected chi connectivity index (χ2v) is 6.43. The lowest BCUT2D eigenvalue weighted by atomic mass is 10.1. The number of anilines is 1. The van der Waals surface area contributed by atoms with Crippen molar-refractivity contribution >= 4 is 41.2 Å². The van der Waals surface area contributed by atoms with E-state index in [2.05, 4.69) is 10.6 Å². The molecule has 0 aliphatic carbocycles. The maximum absolute atomic E-state index is 12.5. The predicted octanol–water partition coefficient (Wildman–Crippen LogP) is 3.43. The Morgan fingerprint density at radius 1 is 1.15 bits per heavy atom. The minimum atomic E-state index is -0.626. The lowest BCUT2D eigenvalue weighted by Gasteiger charge is -2.13. The number of para-hydroxylation sites is 1. The number of aryl methyl sites for hydroxylation is 1. The van der Waals surface area contributed by atoms with Gasteiger partial charge in [-0.1, -0.05) is 48.9 Å². The van der Waals surface area contributed by atoms with Gasteiger partial charge in [-0.2, -0.15) is 0 Å². The molecule has 1 heterocycles. The number of halogens is 1. The molecule has 2 N–H and O–H groups in total. The summed E-state index contributed by atoms with van der Waals surface area (Å²) in [4.78, 5) is 37.8. The molecule has 0 atom stereocenters. The Morgan fingerprint density at radius 2 is 1.85 bits per heavy atom. The first-order chi connectivity index (χ1) is 13.0. The molecule has 7 heteroatoms. The Bertz CT molecular complexity index is 922. The molecule has 1 aliphatic heterocycles. The molecule has 1 saturated heterocycles. The van der Waals surface area contributed by atoms with Gasteiger partial charge in [0, 0.05) is 10.7 Å². The number of carbonyl (C=O) groups is 3. The predicted molar refractivity (Wildman–Crippen MR) is 104 cm³/mol. The number of nitrogens with zero attached hydrogens (tertiary/aromatic N) is 1. The number of urea groups is 1. The fourth-order valence-corrected chi connectivity index (χ4v) is 2.85. The number of benzene rings is 2. The third-order valence-electron chi connectivity index (χ3n) is 4.12. The van der Waals surface area contributed by atoms with Crippen molar-refractivity contribution in [3.63, 3.8) is 0 Å². The summed E-state index contributed by atoms with van der Waals surface area (Å²) in [5.74, 6) is -0.985. The molecule has 4 amide bonds. The zero-order valence-corrected chi connectivity index (χ0v) is 15.4. The van der Waals surface area contributed by atoms with E-state index in [-0.39, 0.29) is 12.2 Å². The molecule has 2 aromatic carbocycles. The van der Waals surface area contributed by atoms with Gasteiger partial charge in [0.15, 0.2) is 0 Å². The van der Waals surface area contributed by atoms with Crippen LogP contribution in [0.2, 0.25) is 5.02 Å². The van der Waals surface area contributed by atoms with Crippen LogP contribution < -0.4 is 10.6 Å². The van der Waals surface area contributed by atoms with Gasteiger partial charge < -0.3 is 10.6 Å². The van der Waals surface area contributed by atoms with E-state index in [1.54, 1.807) is 36.4 Å². The van der Waals surface area contributed by atoms with Gasteiger partial charge in [-0.25, -0.2) is 9.69 Å². The largest absolute Gasteiger partial charge is 0.329 e. The molecule has 0 saturated carbocycles. The van der Waals surface area contributed by atoms with Crippen LogP contribution in [0.3, 0.4) is 0 Å². The summed E-state index contributed by atoms with van der Waals surface area (Å²) < 4.78 is 0. The first-order valence-corrected chi connectivity index (χ1v) is 8.83. The molecule has 0 aromatic heterocycles. The maximum Gasteiger partial charge on any atom is 0.329 e. The maximum atomic E-state index is 12.5. The van der Waals surface area contributed by atoms with Gasteiger partial charge in [0.1, 0.15) is 12.2 Å². The van der Waals surface area contributed by atoms with E-state index < -0.39 is 17.8 Å². The standard InChI is InChI=1S/C20H18ClN3O3/c1-2-14-5-3-4-6-16(14)22-18(25)12-24-19(26)17(23-20(24)27)11-13-7-9-15(21)10-8-13/h3-11H,2,12H2,1H3,(H,22,25)(H,23,27)/b17-11+. The Hall–Kier alpha value is -3.12. The normalized spacial score (nSPS) is 15.2. The fraction of sp³-hybridized carbons (Fsp3) is 0.150. The van der Waals surface area contributed by atoms with Crippen molar-refractivity contribution in [3.05, 3.63) is 70.4 Å². The van der Waals surface area contributed by atoms with E-state index in [1.807, 2.05) is 25.1 Å². The molecular weight excluding hydrogens is 366 g/mol. The van der Waals surface area contributed by atoms with Crippen LogP contribution in [0.1, 0.15) is 18.1 Å². The highest BCUT2D eigenvalue weighted by atomic mass is 35.5. The zero-order valence-electron chi connectivity index (χ0n) is 14.7. The van der Waals surface area contributed by atoms with Crippen molar-refractivity contribution in [1.29, 1.82) is 0 Å². The van der Waals surface area contributed by atoms with Crippen LogP contribution in [0, 0.1) is 0 Å². The number of rotatable bonds is 5. The summed E-state index contributed by atoms with van der Waals surface area (Å²) in [5, 5.41) is 5.82. The summed E-state index contributed by atoms with van der Waals surface area (Å²) in [6.45, 7) is 1.62. The molecule has 1 fully saturated rings. The third kappa shape index (κ3) is 4.35. The SMILES string of the molecule is CCc1ccccc1NC(=O)CN1C(=O)N/C(=C/c2ccc(Cl)cc2)C1=O. The molecule has 2 aromatic rings. The van der Waals surface area contributed by atoms with Gasteiger partial charge in [0.2, 0.25) is 5.91 Å². The number of hydrogen-bond donors (Lipinski definition) is 2. The Balaban J connectivity index is 1.70. The summed E-state index contributed by atoms with van der Waals surface area (Å²) in [7, 11) is 0. The van der Waals surface area contributed by atoms with E-state index in [9.17, 15) is 14.4 Å². The van der Waals surface area contributed by atoms with Crippen LogP contribution in [0.4, 0.5) is 10.5 Å². The van der Waals surface area contributed by atoms with Crippen LogP contribution in [0.5, 0.6) is 0 Å².